The van der Waals surface area contributed by atoms with E-state index in [1.54, 1.807) is 0 Å². The number of rotatable bonds is 8. The van der Waals surface area contributed by atoms with E-state index in [-0.39, 0.29) is 5.91 Å². The number of carbonyl (C=O) groups excluding carboxylic acids is 1. The van der Waals surface area contributed by atoms with E-state index in [9.17, 15) is 4.79 Å². The van der Waals surface area contributed by atoms with Gasteiger partial charge in [0, 0.05) is 31.9 Å². The van der Waals surface area contributed by atoms with Crippen LogP contribution < -0.4 is 10.1 Å². The molecule has 1 N–H and O–H groups in total. The summed E-state index contributed by atoms with van der Waals surface area (Å²) in [4.78, 5) is 15.3. The molecule has 6 heteroatoms. The van der Waals surface area contributed by atoms with E-state index in [4.69, 9.17) is 14.2 Å². The molecule has 1 aromatic carbocycles. The maximum atomic E-state index is 13.0. The van der Waals surface area contributed by atoms with Crippen LogP contribution in [-0.2, 0) is 14.3 Å². The third kappa shape index (κ3) is 5.93. The number of nitrogens with zero attached hydrogens (tertiary/aromatic N) is 1. The fourth-order valence-corrected chi connectivity index (χ4v) is 4.01. The SMILES string of the molecule is CCOC1(C(=O)Nc2ccc(OCCN3CCOCC3)cc2)CCCCCC1. The van der Waals surface area contributed by atoms with E-state index in [2.05, 4.69) is 10.2 Å². The van der Waals surface area contributed by atoms with E-state index < -0.39 is 5.60 Å². The van der Waals surface area contributed by atoms with E-state index in [1.807, 2.05) is 31.2 Å². The molecule has 28 heavy (non-hydrogen) atoms. The Morgan fingerprint density at radius 3 is 2.43 bits per heavy atom. The second-order valence-electron chi connectivity index (χ2n) is 7.62. The topological polar surface area (TPSA) is 60.0 Å². The van der Waals surface area contributed by atoms with Crippen LogP contribution in [0.1, 0.15) is 45.4 Å². The number of anilines is 1. The summed E-state index contributed by atoms with van der Waals surface area (Å²) in [6.07, 6.45) is 6.05. The predicted molar refractivity (Wildman–Crippen MR) is 110 cm³/mol. The Kier molecular flexibility index (Phi) is 8.13. The van der Waals surface area contributed by atoms with Crippen molar-refractivity contribution in [3.8, 4) is 5.75 Å². The van der Waals surface area contributed by atoms with E-state index >= 15 is 0 Å². The van der Waals surface area contributed by atoms with Gasteiger partial charge < -0.3 is 19.5 Å². The highest BCUT2D eigenvalue weighted by molar-refractivity contribution is 5.97. The van der Waals surface area contributed by atoms with Gasteiger partial charge in [0.2, 0.25) is 0 Å². The summed E-state index contributed by atoms with van der Waals surface area (Å²) in [7, 11) is 0. The standard InChI is InChI=1S/C22H34N2O4/c1-2-28-22(11-5-3-4-6-12-22)21(25)23-19-7-9-20(10-8-19)27-18-15-24-13-16-26-17-14-24/h7-10H,2-6,11-18H2,1H3,(H,23,25). The van der Waals surface area contributed by atoms with Gasteiger partial charge in [-0.1, -0.05) is 25.7 Å². The molecule has 0 radical (unpaired) electrons. The van der Waals surface area contributed by atoms with Crippen LogP contribution in [0, 0.1) is 0 Å². The lowest BCUT2D eigenvalue weighted by Gasteiger charge is -2.31. The van der Waals surface area contributed by atoms with Crippen molar-refractivity contribution in [2.45, 2.75) is 51.0 Å². The molecule has 1 aliphatic heterocycles. The van der Waals surface area contributed by atoms with Crippen molar-refractivity contribution in [3.63, 3.8) is 0 Å². The van der Waals surface area contributed by atoms with Gasteiger partial charge in [-0.25, -0.2) is 0 Å². The lowest BCUT2D eigenvalue weighted by molar-refractivity contribution is -0.143. The molecule has 2 aliphatic rings. The number of hydrogen-bond acceptors (Lipinski definition) is 5. The Balaban J connectivity index is 1.50. The zero-order chi connectivity index (χ0) is 19.7. The van der Waals surface area contributed by atoms with Gasteiger partial charge in [-0.15, -0.1) is 0 Å². The molecule has 1 heterocycles. The van der Waals surface area contributed by atoms with E-state index in [0.29, 0.717) is 13.2 Å². The van der Waals surface area contributed by atoms with E-state index in [1.165, 1.54) is 12.8 Å². The molecule has 0 atom stereocenters. The lowest BCUT2D eigenvalue weighted by Crippen LogP contribution is -2.45. The van der Waals surface area contributed by atoms with E-state index in [0.717, 1.165) is 70.0 Å². The quantitative estimate of drug-likeness (QED) is 0.689. The first-order valence-corrected chi connectivity index (χ1v) is 10.7. The first-order chi connectivity index (χ1) is 13.7. The second kappa shape index (κ2) is 10.8. The summed E-state index contributed by atoms with van der Waals surface area (Å²) in [5.41, 5.74) is 0.104. The molecule has 156 valence electrons. The van der Waals surface area contributed by atoms with Crippen LogP contribution in [0.5, 0.6) is 5.75 Å². The zero-order valence-corrected chi connectivity index (χ0v) is 17.1. The van der Waals surface area contributed by atoms with Gasteiger partial charge >= 0.3 is 0 Å². The molecule has 0 spiro atoms. The monoisotopic (exact) mass is 390 g/mol. The van der Waals surface area contributed by atoms with Gasteiger partial charge in [0.25, 0.3) is 5.91 Å². The predicted octanol–water partition coefficient (Wildman–Crippen LogP) is 3.47. The van der Waals surface area contributed by atoms with Gasteiger partial charge in [0.15, 0.2) is 0 Å². The summed E-state index contributed by atoms with van der Waals surface area (Å²) in [5, 5.41) is 3.06. The zero-order valence-electron chi connectivity index (χ0n) is 17.1. The van der Waals surface area contributed by atoms with Crippen LogP contribution >= 0.6 is 0 Å². The molecule has 1 aliphatic carbocycles. The number of amides is 1. The number of benzene rings is 1. The Morgan fingerprint density at radius 2 is 1.79 bits per heavy atom. The molecule has 6 nitrogen and oxygen atoms in total. The average molecular weight is 391 g/mol. The highest BCUT2D eigenvalue weighted by Crippen LogP contribution is 2.32. The molecule has 1 saturated carbocycles. The van der Waals surface area contributed by atoms with Crippen LogP contribution in [0.15, 0.2) is 24.3 Å². The van der Waals surface area contributed by atoms with Crippen LogP contribution in [0.2, 0.25) is 0 Å². The first-order valence-electron chi connectivity index (χ1n) is 10.7. The van der Waals surface area contributed by atoms with Crippen LogP contribution in [0.3, 0.4) is 0 Å². The summed E-state index contributed by atoms with van der Waals surface area (Å²) in [6.45, 7) is 7.62. The minimum Gasteiger partial charge on any atom is -0.492 e. The second-order valence-corrected chi connectivity index (χ2v) is 7.62. The van der Waals surface area contributed by atoms with Crippen molar-refractivity contribution in [1.82, 2.24) is 4.90 Å². The number of hydrogen-bond donors (Lipinski definition) is 1. The highest BCUT2D eigenvalue weighted by Gasteiger charge is 2.39. The molecule has 3 rings (SSSR count). The Bertz CT molecular complexity index is 591. The Morgan fingerprint density at radius 1 is 1.11 bits per heavy atom. The molecule has 0 aromatic heterocycles. The third-order valence-corrected chi connectivity index (χ3v) is 5.64. The van der Waals surface area contributed by atoms with Crippen molar-refractivity contribution < 1.29 is 19.0 Å². The minimum atomic E-state index is -0.682. The van der Waals surface area contributed by atoms with Gasteiger partial charge in [-0.2, -0.15) is 0 Å². The minimum absolute atomic E-state index is 0.0164. The van der Waals surface area contributed by atoms with Crippen LogP contribution in [0.25, 0.3) is 0 Å². The van der Waals surface area contributed by atoms with Crippen molar-refractivity contribution >= 4 is 11.6 Å². The van der Waals surface area contributed by atoms with Crippen molar-refractivity contribution in [3.05, 3.63) is 24.3 Å². The molecule has 1 aromatic rings. The van der Waals surface area contributed by atoms with Crippen molar-refractivity contribution in [1.29, 1.82) is 0 Å². The summed E-state index contributed by atoms with van der Waals surface area (Å²) >= 11 is 0. The molecule has 1 saturated heterocycles. The number of carbonyl (C=O) groups is 1. The number of nitrogens with one attached hydrogen (secondary N) is 1. The third-order valence-electron chi connectivity index (χ3n) is 5.64. The van der Waals surface area contributed by atoms with Crippen molar-refractivity contribution in [2.24, 2.45) is 0 Å². The van der Waals surface area contributed by atoms with Gasteiger partial charge in [-0.05, 0) is 44.0 Å². The maximum Gasteiger partial charge on any atom is 0.256 e. The highest BCUT2D eigenvalue weighted by atomic mass is 16.5. The molecule has 1 amide bonds. The smallest absolute Gasteiger partial charge is 0.256 e. The molecular formula is C22H34N2O4. The largest absolute Gasteiger partial charge is 0.492 e. The molecule has 2 fully saturated rings. The summed E-state index contributed by atoms with van der Waals surface area (Å²) < 4.78 is 17.2. The van der Waals surface area contributed by atoms with Gasteiger partial charge in [0.05, 0.1) is 13.2 Å². The normalized spacial score (nSPS) is 20.3. The fourth-order valence-electron chi connectivity index (χ4n) is 4.01. The van der Waals surface area contributed by atoms with Crippen LogP contribution in [-0.4, -0.2) is 62.5 Å². The first kappa shape index (κ1) is 21.1. The molecule has 0 unspecified atom stereocenters. The fraction of sp³-hybridized carbons (Fsp3) is 0.682. The average Bonchev–Trinajstić information content (AvgIpc) is 2.97. The van der Waals surface area contributed by atoms with Crippen molar-refractivity contribution in [2.75, 3.05) is 51.4 Å². The molecular weight excluding hydrogens is 356 g/mol. The summed E-state index contributed by atoms with van der Waals surface area (Å²) in [5.74, 6) is 0.803. The maximum absolute atomic E-state index is 13.0. The number of morpholine rings is 1. The summed E-state index contributed by atoms with van der Waals surface area (Å²) in [6, 6.07) is 7.63. The van der Waals surface area contributed by atoms with Gasteiger partial charge in [0.1, 0.15) is 18.0 Å². The molecule has 0 bridgehead atoms. The lowest BCUT2D eigenvalue weighted by atomic mass is 9.93. The Labute approximate surface area is 168 Å². The Hall–Kier alpha value is -1.63. The van der Waals surface area contributed by atoms with Gasteiger partial charge in [-0.3, -0.25) is 9.69 Å². The number of ether oxygens (including phenoxy) is 3. The van der Waals surface area contributed by atoms with Crippen LogP contribution in [0.4, 0.5) is 5.69 Å².